The van der Waals surface area contributed by atoms with Crippen molar-refractivity contribution in [1.29, 1.82) is 0 Å². The number of nitrogens with one attached hydrogen (secondary N) is 2. The fraction of sp³-hybridized carbons (Fsp3) is 0.300. The number of carbonyl (C=O) groups excluding carboxylic acids is 2. The van der Waals surface area contributed by atoms with Crippen LogP contribution < -0.4 is 16.4 Å². The summed E-state index contributed by atoms with van der Waals surface area (Å²) in [4.78, 5) is 26.5. The third-order valence-electron chi connectivity index (χ3n) is 5.14. The first-order chi connectivity index (χ1) is 13.0. The topological polar surface area (TPSA) is 87.5 Å². The predicted octanol–water partition coefficient (Wildman–Crippen LogP) is 2.85. The van der Waals surface area contributed by atoms with Crippen LogP contribution in [0.1, 0.15) is 24.0 Å². The lowest BCUT2D eigenvalue weighted by molar-refractivity contribution is -0.134. The molecule has 2 aromatic carbocycles. The molecular formula is C20H21FN4O2. The third kappa shape index (κ3) is 3.50. The molecule has 140 valence electrons. The molecule has 1 saturated carbocycles. The summed E-state index contributed by atoms with van der Waals surface area (Å²) in [7, 11) is 0. The van der Waals surface area contributed by atoms with Crippen molar-refractivity contribution in [2.45, 2.75) is 31.3 Å². The zero-order valence-electron chi connectivity index (χ0n) is 14.8. The average Bonchev–Trinajstić information content (AvgIpc) is 3.41. The van der Waals surface area contributed by atoms with Crippen LogP contribution in [0.15, 0.2) is 42.5 Å². The number of hydrogen-bond acceptors (Lipinski definition) is 3. The molecule has 27 heavy (non-hydrogen) atoms. The number of para-hydroxylation sites is 1. The number of urea groups is 1. The van der Waals surface area contributed by atoms with E-state index >= 15 is 0 Å². The molecule has 3 amide bonds. The molecule has 0 spiro atoms. The summed E-state index contributed by atoms with van der Waals surface area (Å²) in [6.07, 6.45) is 2.12. The summed E-state index contributed by atoms with van der Waals surface area (Å²) in [5.74, 6) is -0.489. The van der Waals surface area contributed by atoms with E-state index in [4.69, 9.17) is 5.73 Å². The van der Waals surface area contributed by atoms with Crippen LogP contribution in [0.2, 0.25) is 0 Å². The maximum Gasteiger partial charge on any atom is 0.323 e. The molecule has 0 bridgehead atoms. The second kappa shape index (κ2) is 6.66. The Morgan fingerprint density at radius 1 is 1.04 bits per heavy atom. The van der Waals surface area contributed by atoms with E-state index in [2.05, 4.69) is 10.6 Å². The highest BCUT2D eigenvalue weighted by atomic mass is 19.1. The van der Waals surface area contributed by atoms with E-state index in [0.717, 1.165) is 24.0 Å². The number of benzene rings is 2. The van der Waals surface area contributed by atoms with Crippen molar-refractivity contribution in [3.8, 4) is 0 Å². The van der Waals surface area contributed by atoms with E-state index in [1.807, 2.05) is 18.2 Å². The van der Waals surface area contributed by atoms with Gasteiger partial charge in [-0.3, -0.25) is 4.79 Å². The number of anilines is 2. The van der Waals surface area contributed by atoms with Gasteiger partial charge in [0, 0.05) is 18.8 Å². The molecule has 1 fully saturated rings. The maximum absolute atomic E-state index is 13.7. The average molecular weight is 368 g/mol. The Morgan fingerprint density at radius 3 is 2.48 bits per heavy atom. The quantitative estimate of drug-likeness (QED) is 0.778. The first-order valence-corrected chi connectivity index (χ1v) is 8.98. The van der Waals surface area contributed by atoms with Gasteiger partial charge in [0.05, 0.1) is 11.2 Å². The van der Waals surface area contributed by atoms with Crippen LogP contribution in [0.4, 0.5) is 20.6 Å². The van der Waals surface area contributed by atoms with E-state index in [-0.39, 0.29) is 11.6 Å². The van der Waals surface area contributed by atoms with Crippen molar-refractivity contribution in [3.63, 3.8) is 0 Å². The number of nitrogens with two attached hydrogens (primary N) is 1. The molecule has 2 aliphatic rings. The molecule has 0 saturated heterocycles. The minimum Gasteiger partial charge on any atom is -0.336 e. The second-order valence-corrected chi connectivity index (χ2v) is 7.14. The number of rotatable bonds is 3. The zero-order chi connectivity index (χ0) is 19.0. The first kappa shape index (κ1) is 17.5. The van der Waals surface area contributed by atoms with Crippen LogP contribution in [0.25, 0.3) is 0 Å². The maximum atomic E-state index is 13.7. The van der Waals surface area contributed by atoms with Crippen molar-refractivity contribution in [3.05, 3.63) is 59.4 Å². The van der Waals surface area contributed by atoms with E-state index in [1.54, 1.807) is 17.0 Å². The normalized spacial score (nSPS) is 17.0. The molecule has 0 radical (unpaired) electrons. The Hall–Kier alpha value is -2.93. The van der Waals surface area contributed by atoms with Crippen molar-refractivity contribution >= 4 is 23.3 Å². The van der Waals surface area contributed by atoms with E-state index in [0.29, 0.717) is 25.2 Å². The smallest absolute Gasteiger partial charge is 0.323 e. The van der Waals surface area contributed by atoms with Gasteiger partial charge in [0.2, 0.25) is 5.91 Å². The van der Waals surface area contributed by atoms with E-state index in [9.17, 15) is 14.0 Å². The molecule has 0 atom stereocenters. The van der Waals surface area contributed by atoms with Gasteiger partial charge in [-0.05, 0) is 48.6 Å². The Labute approximate surface area is 156 Å². The van der Waals surface area contributed by atoms with Crippen molar-refractivity contribution in [1.82, 2.24) is 4.90 Å². The molecule has 2 aromatic rings. The van der Waals surface area contributed by atoms with E-state index in [1.165, 1.54) is 12.1 Å². The van der Waals surface area contributed by atoms with Crippen molar-refractivity contribution < 1.29 is 14.0 Å². The van der Waals surface area contributed by atoms with Crippen LogP contribution in [-0.4, -0.2) is 28.9 Å². The van der Waals surface area contributed by atoms with Gasteiger partial charge in [0.15, 0.2) is 0 Å². The molecule has 0 unspecified atom stereocenters. The molecule has 1 aliphatic carbocycles. The molecule has 4 rings (SSSR count). The number of fused-ring (bicyclic) bond motifs is 1. The van der Waals surface area contributed by atoms with Crippen molar-refractivity contribution in [2.75, 3.05) is 17.2 Å². The van der Waals surface area contributed by atoms with Gasteiger partial charge in [-0.25, -0.2) is 9.18 Å². The summed E-state index contributed by atoms with van der Waals surface area (Å²) in [5, 5.41) is 5.30. The van der Waals surface area contributed by atoms with E-state index < -0.39 is 17.4 Å². The minimum atomic E-state index is -0.674. The SMILES string of the molecule is NC1(C(=O)N2CCc3c(cccc3NC(=O)Nc3ccccc3F)C2)CC1. The number of amides is 3. The lowest BCUT2D eigenvalue weighted by Gasteiger charge is -2.32. The summed E-state index contributed by atoms with van der Waals surface area (Å²) in [6, 6.07) is 11.1. The minimum absolute atomic E-state index is 0.00353. The Bertz CT molecular complexity index is 911. The molecular weight excluding hydrogens is 347 g/mol. The largest absolute Gasteiger partial charge is 0.336 e. The van der Waals surface area contributed by atoms with Gasteiger partial charge < -0.3 is 21.3 Å². The third-order valence-corrected chi connectivity index (χ3v) is 5.14. The Morgan fingerprint density at radius 2 is 1.74 bits per heavy atom. The first-order valence-electron chi connectivity index (χ1n) is 8.98. The predicted molar refractivity (Wildman–Crippen MR) is 101 cm³/mol. The Kier molecular flexibility index (Phi) is 4.31. The van der Waals surface area contributed by atoms with Crippen LogP contribution in [0.5, 0.6) is 0 Å². The molecule has 4 N–H and O–H groups in total. The molecule has 1 heterocycles. The van der Waals surface area contributed by atoms with Crippen LogP contribution >= 0.6 is 0 Å². The van der Waals surface area contributed by atoms with Gasteiger partial charge in [-0.15, -0.1) is 0 Å². The standard InChI is InChI=1S/C20H21FN4O2/c21-15-5-1-2-6-17(15)24-19(27)23-16-7-3-4-13-12-25(11-8-14(13)16)18(26)20(22)9-10-20/h1-7H,8-12,22H2,(H2,23,24,27). The van der Waals surface area contributed by atoms with Gasteiger partial charge >= 0.3 is 6.03 Å². The zero-order valence-corrected chi connectivity index (χ0v) is 14.8. The summed E-state index contributed by atoms with van der Waals surface area (Å²) in [5.41, 5.74) is 8.13. The molecule has 0 aromatic heterocycles. The number of carbonyl (C=O) groups is 2. The fourth-order valence-corrected chi connectivity index (χ4v) is 3.40. The highest BCUT2D eigenvalue weighted by molar-refractivity contribution is 6.00. The van der Waals surface area contributed by atoms with Crippen LogP contribution in [0.3, 0.4) is 0 Å². The van der Waals surface area contributed by atoms with Gasteiger partial charge in [0.25, 0.3) is 0 Å². The summed E-state index contributed by atoms with van der Waals surface area (Å²) in [6.45, 7) is 1.05. The summed E-state index contributed by atoms with van der Waals surface area (Å²) < 4.78 is 13.7. The van der Waals surface area contributed by atoms with Gasteiger partial charge in [-0.1, -0.05) is 24.3 Å². The number of nitrogens with zero attached hydrogens (tertiary/aromatic N) is 1. The number of hydrogen-bond donors (Lipinski definition) is 3. The molecule has 7 heteroatoms. The highest BCUT2D eigenvalue weighted by Crippen LogP contribution is 2.36. The summed E-state index contributed by atoms with van der Waals surface area (Å²) >= 11 is 0. The number of halogens is 1. The second-order valence-electron chi connectivity index (χ2n) is 7.14. The molecule has 6 nitrogen and oxygen atoms in total. The Balaban J connectivity index is 1.47. The van der Waals surface area contributed by atoms with Crippen LogP contribution in [-0.2, 0) is 17.8 Å². The van der Waals surface area contributed by atoms with Crippen molar-refractivity contribution in [2.24, 2.45) is 5.73 Å². The fourth-order valence-electron chi connectivity index (χ4n) is 3.40. The highest BCUT2D eigenvalue weighted by Gasteiger charge is 2.48. The lowest BCUT2D eigenvalue weighted by Crippen LogP contribution is -2.47. The van der Waals surface area contributed by atoms with Crippen LogP contribution in [0, 0.1) is 5.82 Å². The lowest BCUT2D eigenvalue weighted by atomic mass is 9.97. The molecule has 1 aliphatic heterocycles. The van der Waals surface area contributed by atoms with Gasteiger partial charge in [-0.2, -0.15) is 0 Å². The monoisotopic (exact) mass is 368 g/mol. The van der Waals surface area contributed by atoms with Gasteiger partial charge in [0.1, 0.15) is 5.82 Å².